The molecule has 0 fully saturated rings. The molecule has 6 nitrogen and oxygen atoms in total. The average molecular weight is 440 g/mol. The van der Waals surface area contributed by atoms with Crippen LogP contribution in [-0.4, -0.2) is 20.6 Å². The van der Waals surface area contributed by atoms with Crippen LogP contribution in [0.2, 0.25) is 5.02 Å². The Morgan fingerprint density at radius 3 is 2.67 bits per heavy atom. The van der Waals surface area contributed by atoms with E-state index in [4.69, 9.17) is 11.6 Å². The van der Waals surface area contributed by atoms with Gasteiger partial charge in [0.2, 0.25) is 0 Å². The lowest BCUT2D eigenvalue weighted by atomic mass is 10.1. The SMILES string of the molecule is CCCn1c(=O)c(C(=O)Nc2nc(-c3ccc(Cl)cc3)cs2)c(O)c2ccccc21. The van der Waals surface area contributed by atoms with Crippen LogP contribution in [-0.2, 0) is 6.54 Å². The van der Waals surface area contributed by atoms with E-state index in [1.54, 1.807) is 41.8 Å². The number of carbonyl (C=O) groups excluding carboxylic acids is 1. The van der Waals surface area contributed by atoms with Crippen molar-refractivity contribution >= 4 is 44.9 Å². The molecule has 0 spiro atoms. The normalized spacial score (nSPS) is 11.0. The number of carbonyl (C=O) groups is 1. The number of thiazole rings is 1. The molecular formula is C22H18ClN3O3S. The van der Waals surface area contributed by atoms with E-state index < -0.39 is 11.5 Å². The van der Waals surface area contributed by atoms with Gasteiger partial charge in [-0.3, -0.25) is 14.9 Å². The van der Waals surface area contributed by atoms with Crippen molar-refractivity contribution in [2.24, 2.45) is 0 Å². The van der Waals surface area contributed by atoms with Crippen LogP contribution in [0.4, 0.5) is 5.13 Å². The number of para-hydroxylation sites is 1. The van der Waals surface area contributed by atoms with Crippen molar-refractivity contribution in [3.63, 3.8) is 0 Å². The van der Waals surface area contributed by atoms with Gasteiger partial charge in [0.25, 0.3) is 11.5 Å². The predicted octanol–water partition coefficient (Wildman–Crippen LogP) is 5.15. The number of rotatable bonds is 5. The number of hydrogen-bond acceptors (Lipinski definition) is 5. The maximum atomic E-state index is 13.0. The van der Waals surface area contributed by atoms with Crippen LogP contribution in [0.15, 0.2) is 58.7 Å². The highest BCUT2D eigenvalue weighted by Crippen LogP contribution is 2.29. The van der Waals surface area contributed by atoms with Crippen molar-refractivity contribution in [2.75, 3.05) is 5.32 Å². The highest BCUT2D eigenvalue weighted by molar-refractivity contribution is 7.14. The third kappa shape index (κ3) is 3.69. The Balaban J connectivity index is 1.70. The van der Waals surface area contributed by atoms with Gasteiger partial charge in [-0.05, 0) is 30.7 Å². The summed E-state index contributed by atoms with van der Waals surface area (Å²) >= 11 is 7.15. The Kier molecular flexibility index (Phi) is 5.57. The summed E-state index contributed by atoms with van der Waals surface area (Å²) in [7, 11) is 0. The van der Waals surface area contributed by atoms with E-state index in [0.29, 0.717) is 39.7 Å². The minimum Gasteiger partial charge on any atom is -0.506 e. The zero-order chi connectivity index (χ0) is 21.3. The molecular weight excluding hydrogens is 422 g/mol. The first kappa shape index (κ1) is 20.1. The largest absolute Gasteiger partial charge is 0.506 e. The first-order chi connectivity index (χ1) is 14.5. The molecule has 2 aromatic carbocycles. The molecule has 0 radical (unpaired) electrons. The van der Waals surface area contributed by atoms with Gasteiger partial charge in [0.1, 0.15) is 11.3 Å². The third-order valence-corrected chi connectivity index (χ3v) is 5.69. The molecule has 0 saturated heterocycles. The third-order valence-electron chi connectivity index (χ3n) is 4.68. The fraction of sp³-hybridized carbons (Fsp3) is 0.136. The molecule has 2 aromatic heterocycles. The maximum Gasteiger partial charge on any atom is 0.267 e. The molecule has 4 rings (SSSR count). The van der Waals surface area contributed by atoms with Crippen LogP contribution < -0.4 is 10.9 Å². The van der Waals surface area contributed by atoms with Gasteiger partial charge in [-0.25, -0.2) is 4.98 Å². The first-order valence-corrected chi connectivity index (χ1v) is 10.6. The highest BCUT2D eigenvalue weighted by Gasteiger charge is 2.23. The lowest BCUT2D eigenvalue weighted by Crippen LogP contribution is -2.29. The van der Waals surface area contributed by atoms with E-state index in [-0.39, 0.29) is 11.3 Å². The van der Waals surface area contributed by atoms with Gasteiger partial charge < -0.3 is 9.67 Å². The summed E-state index contributed by atoms with van der Waals surface area (Å²) in [6, 6.07) is 14.2. The zero-order valence-corrected chi connectivity index (χ0v) is 17.6. The molecule has 0 saturated carbocycles. The summed E-state index contributed by atoms with van der Waals surface area (Å²) < 4.78 is 1.52. The lowest BCUT2D eigenvalue weighted by molar-refractivity contribution is 0.102. The Bertz CT molecular complexity index is 1300. The first-order valence-electron chi connectivity index (χ1n) is 9.37. The quantitative estimate of drug-likeness (QED) is 0.450. The van der Waals surface area contributed by atoms with Crippen LogP contribution in [0.1, 0.15) is 23.7 Å². The van der Waals surface area contributed by atoms with Crippen LogP contribution in [0, 0.1) is 0 Å². The van der Waals surface area contributed by atoms with Crippen LogP contribution in [0.3, 0.4) is 0 Å². The van der Waals surface area contributed by atoms with Crippen LogP contribution >= 0.6 is 22.9 Å². The Morgan fingerprint density at radius 2 is 1.93 bits per heavy atom. The zero-order valence-electron chi connectivity index (χ0n) is 16.1. The summed E-state index contributed by atoms with van der Waals surface area (Å²) in [5.74, 6) is -1.01. The summed E-state index contributed by atoms with van der Waals surface area (Å²) in [6.07, 6.45) is 0.715. The van der Waals surface area contributed by atoms with Crippen molar-refractivity contribution in [1.82, 2.24) is 9.55 Å². The van der Waals surface area contributed by atoms with E-state index in [2.05, 4.69) is 10.3 Å². The van der Waals surface area contributed by atoms with Gasteiger partial charge in [-0.2, -0.15) is 0 Å². The predicted molar refractivity (Wildman–Crippen MR) is 121 cm³/mol. The highest BCUT2D eigenvalue weighted by atomic mass is 35.5. The molecule has 0 atom stereocenters. The van der Waals surface area contributed by atoms with Gasteiger partial charge in [0.15, 0.2) is 5.13 Å². The molecule has 0 aliphatic heterocycles. The smallest absolute Gasteiger partial charge is 0.267 e. The molecule has 2 heterocycles. The number of nitrogens with one attached hydrogen (secondary N) is 1. The Hall–Kier alpha value is -3.16. The average Bonchev–Trinajstić information content (AvgIpc) is 3.20. The number of fused-ring (bicyclic) bond motifs is 1. The minimum atomic E-state index is -0.690. The van der Waals surface area contributed by atoms with E-state index in [1.807, 2.05) is 19.1 Å². The van der Waals surface area contributed by atoms with Gasteiger partial charge in [-0.1, -0.05) is 42.8 Å². The summed E-state index contributed by atoms with van der Waals surface area (Å²) in [5.41, 5.74) is 1.32. The molecule has 152 valence electrons. The number of amides is 1. The molecule has 0 unspecified atom stereocenters. The number of pyridine rings is 1. The van der Waals surface area contributed by atoms with Crippen molar-refractivity contribution in [3.8, 4) is 17.0 Å². The second kappa shape index (κ2) is 8.30. The van der Waals surface area contributed by atoms with Gasteiger partial charge >= 0.3 is 0 Å². The van der Waals surface area contributed by atoms with Crippen molar-refractivity contribution in [3.05, 3.63) is 74.9 Å². The summed E-state index contributed by atoms with van der Waals surface area (Å²) in [5, 5.41) is 16.5. The molecule has 4 aromatic rings. The maximum absolute atomic E-state index is 13.0. The van der Waals surface area contributed by atoms with Crippen molar-refractivity contribution < 1.29 is 9.90 Å². The Labute approximate surface area is 181 Å². The number of aromatic hydroxyl groups is 1. The molecule has 1 amide bonds. The van der Waals surface area contributed by atoms with Crippen molar-refractivity contribution in [2.45, 2.75) is 19.9 Å². The molecule has 8 heteroatoms. The van der Waals surface area contributed by atoms with Crippen LogP contribution in [0.5, 0.6) is 5.75 Å². The summed E-state index contributed by atoms with van der Waals surface area (Å²) in [6.45, 7) is 2.39. The molecule has 2 N–H and O–H groups in total. The number of anilines is 1. The number of aryl methyl sites for hydroxylation is 1. The lowest BCUT2D eigenvalue weighted by Gasteiger charge is -2.13. The van der Waals surface area contributed by atoms with Gasteiger partial charge in [-0.15, -0.1) is 11.3 Å². The molecule has 0 aliphatic carbocycles. The number of nitrogens with zero attached hydrogens (tertiary/aromatic N) is 2. The number of benzene rings is 2. The van der Waals surface area contributed by atoms with Crippen molar-refractivity contribution in [1.29, 1.82) is 0 Å². The number of hydrogen-bond donors (Lipinski definition) is 2. The topological polar surface area (TPSA) is 84.2 Å². The monoisotopic (exact) mass is 439 g/mol. The van der Waals surface area contributed by atoms with E-state index in [1.165, 1.54) is 15.9 Å². The molecule has 30 heavy (non-hydrogen) atoms. The van der Waals surface area contributed by atoms with Gasteiger partial charge in [0.05, 0.1) is 11.2 Å². The van der Waals surface area contributed by atoms with E-state index in [9.17, 15) is 14.7 Å². The number of halogens is 1. The standard InChI is InChI=1S/C22H18ClN3O3S/c1-2-11-26-17-6-4-3-5-15(17)19(27)18(21(26)29)20(28)25-22-24-16(12-30-22)13-7-9-14(23)10-8-13/h3-10,12,27H,2,11H2,1H3,(H,24,25,28). The number of aromatic nitrogens is 2. The summed E-state index contributed by atoms with van der Waals surface area (Å²) in [4.78, 5) is 30.3. The minimum absolute atomic E-state index is 0.287. The van der Waals surface area contributed by atoms with Crippen LogP contribution in [0.25, 0.3) is 22.2 Å². The van der Waals surface area contributed by atoms with E-state index >= 15 is 0 Å². The second-order valence-corrected chi connectivity index (χ2v) is 7.99. The van der Waals surface area contributed by atoms with Gasteiger partial charge in [0, 0.05) is 27.9 Å². The fourth-order valence-electron chi connectivity index (χ4n) is 3.28. The Morgan fingerprint density at radius 1 is 1.20 bits per heavy atom. The molecule has 0 aliphatic rings. The van der Waals surface area contributed by atoms with E-state index in [0.717, 1.165) is 5.56 Å². The molecule has 0 bridgehead atoms. The second-order valence-electron chi connectivity index (χ2n) is 6.70. The fourth-order valence-corrected chi connectivity index (χ4v) is 4.12.